The standard InChI is InChI=1S/C23H23BrN2O4/c1-2-5-15(11-22(28)29)26-20-7-4-3-6-16(20)18(23(26)30)9-13-8-14(24)10-19-17(13)12-21(27)25-19/h3-4,6-8,10,15,18H,2,5,9,11-12H2,1H3,(H,25,27)(H,28,29). The number of carbonyl (C=O) groups is 3. The smallest absolute Gasteiger partial charge is 0.305 e. The van der Waals surface area contributed by atoms with Crippen LogP contribution in [0.1, 0.15) is 48.8 Å². The third-order valence-electron chi connectivity index (χ3n) is 5.85. The summed E-state index contributed by atoms with van der Waals surface area (Å²) in [5.41, 5.74) is 4.39. The lowest BCUT2D eigenvalue weighted by Gasteiger charge is -2.28. The van der Waals surface area contributed by atoms with Crippen molar-refractivity contribution in [3.8, 4) is 0 Å². The number of benzene rings is 2. The number of carbonyl (C=O) groups excluding carboxylic acids is 2. The molecule has 2 unspecified atom stereocenters. The number of fused-ring (bicyclic) bond motifs is 2. The molecule has 4 rings (SSSR count). The fourth-order valence-corrected chi connectivity index (χ4v) is 5.13. The van der Waals surface area contributed by atoms with Crippen LogP contribution in [0.25, 0.3) is 0 Å². The maximum absolute atomic E-state index is 13.6. The molecule has 0 radical (unpaired) electrons. The summed E-state index contributed by atoms with van der Waals surface area (Å²) in [4.78, 5) is 38.6. The van der Waals surface area contributed by atoms with Crippen LogP contribution in [0.15, 0.2) is 40.9 Å². The summed E-state index contributed by atoms with van der Waals surface area (Å²) in [7, 11) is 0. The molecule has 2 amide bonds. The van der Waals surface area contributed by atoms with E-state index in [0.29, 0.717) is 19.3 Å². The molecule has 0 saturated carbocycles. The molecule has 0 aromatic heterocycles. The quantitative estimate of drug-likeness (QED) is 0.632. The average Bonchev–Trinajstić information content (AvgIpc) is 3.18. The first-order valence-electron chi connectivity index (χ1n) is 10.1. The van der Waals surface area contributed by atoms with Gasteiger partial charge in [0.05, 0.1) is 18.8 Å². The van der Waals surface area contributed by atoms with E-state index in [4.69, 9.17) is 0 Å². The molecule has 2 aliphatic rings. The third-order valence-corrected chi connectivity index (χ3v) is 6.30. The SMILES string of the molecule is CCCC(CC(=O)O)N1C(=O)C(Cc2cc(Br)cc3c2CC(=O)N3)c2ccccc21. The second kappa shape index (κ2) is 8.22. The predicted octanol–water partition coefficient (Wildman–Crippen LogP) is 4.26. The van der Waals surface area contributed by atoms with Gasteiger partial charge in [0.1, 0.15) is 0 Å². The zero-order valence-corrected chi connectivity index (χ0v) is 18.2. The van der Waals surface area contributed by atoms with Gasteiger partial charge in [0.15, 0.2) is 0 Å². The monoisotopic (exact) mass is 470 g/mol. The van der Waals surface area contributed by atoms with Crippen LogP contribution >= 0.6 is 15.9 Å². The van der Waals surface area contributed by atoms with Gasteiger partial charge in [-0.2, -0.15) is 0 Å². The molecule has 2 N–H and O–H groups in total. The van der Waals surface area contributed by atoms with E-state index in [0.717, 1.165) is 39.0 Å². The van der Waals surface area contributed by atoms with Crippen molar-refractivity contribution in [2.45, 2.75) is 51.0 Å². The number of hydrogen-bond donors (Lipinski definition) is 2. The number of hydrogen-bond acceptors (Lipinski definition) is 3. The van der Waals surface area contributed by atoms with Crippen molar-refractivity contribution in [2.75, 3.05) is 10.2 Å². The lowest BCUT2D eigenvalue weighted by Crippen LogP contribution is -2.40. The Bertz CT molecular complexity index is 1040. The van der Waals surface area contributed by atoms with E-state index in [1.807, 2.05) is 43.3 Å². The molecule has 30 heavy (non-hydrogen) atoms. The summed E-state index contributed by atoms with van der Waals surface area (Å²) >= 11 is 3.50. The van der Waals surface area contributed by atoms with Gasteiger partial charge in [-0.05, 0) is 47.7 Å². The van der Waals surface area contributed by atoms with Crippen LogP contribution in [0.4, 0.5) is 11.4 Å². The van der Waals surface area contributed by atoms with Gasteiger partial charge in [0, 0.05) is 21.9 Å². The number of nitrogens with zero attached hydrogens (tertiary/aromatic N) is 1. The Hall–Kier alpha value is -2.67. The van der Waals surface area contributed by atoms with E-state index in [2.05, 4.69) is 21.2 Å². The van der Waals surface area contributed by atoms with Gasteiger partial charge in [-0.1, -0.05) is 47.5 Å². The Morgan fingerprint density at radius 2 is 2.07 bits per heavy atom. The molecule has 7 heteroatoms. The molecule has 2 heterocycles. The number of para-hydroxylation sites is 1. The van der Waals surface area contributed by atoms with Gasteiger partial charge in [-0.25, -0.2) is 0 Å². The van der Waals surface area contributed by atoms with Crippen molar-refractivity contribution in [3.05, 3.63) is 57.6 Å². The number of rotatable bonds is 7. The zero-order valence-electron chi connectivity index (χ0n) is 16.7. The minimum atomic E-state index is -0.906. The summed E-state index contributed by atoms with van der Waals surface area (Å²) in [6.45, 7) is 1.99. The maximum Gasteiger partial charge on any atom is 0.305 e. The number of halogens is 1. The van der Waals surface area contributed by atoms with Crippen LogP contribution in [-0.4, -0.2) is 28.9 Å². The Kier molecular flexibility index (Phi) is 5.64. The number of aliphatic carboxylic acids is 1. The largest absolute Gasteiger partial charge is 0.481 e. The normalized spacial score (nSPS) is 18.2. The van der Waals surface area contributed by atoms with Crippen LogP contribution < -0.4 is 10.2 Å². The van der Waals surface area contributed by atoms with Gasteiger partial charge < -0.3 is 15.3 Å². The van der Waals surface area contributed by atoms with Gasteiger partial charge >= 0.3 is 5.97 Å². The second-order valence-electron chi connectivity index (χ2n) is 7.88. The number of carboxylic acid groups (broad SMARTS) is 1. The minimum Gasteiger partial charge on any atom is -0.481 e. The second-order valence-corrected chi connectivity index (χ2v) is 8.80. The summed E-state index contributed by atoms with van der Waals surface area (Å²) in [5, 5.41) is 12.3. The van der Waals surface area contributed by atoms with Crippen molar-refractivity contribution in [1.82, 2.24) is 0 Å². The molecule has 2 atom stereocenters. The first kappa shape index (κ1) is 20.6. The maximum atomic E-state index is 13.6. The fourth-order valence-electron chi connectivity index (χ4n) is 4.62. The highest BCUT2D eigenvalue weighted by Crippen LogP contribution is 2.43. The average molecular weight is 471 g/mol. The van der Waals surface area contributed by atoms with Crippen molar-refractivity contribution >= 4 is 45.1 Å². The first-order chi connectivity index (χ1) is 14.4. The van der Waals surface area contributed by atoms with Crippen LogP contribution in [0.2, 0.25) is 0 Å². The van der Waals surface area contributed by atoms with Gasteiger partial charge in [-0.15, -0.1) is 0 Å². The van der Waals surface area contributed by atoms with Crippen molar-refractivity contribution in [1.29, 1.82) is 0 Å². The summed E-state index contributed by atoms with van der Waals surface area (Å²) in [5.74, 6) is -1.42. The molecular weight excluding hydrogens is 448 g/mol. The number of carboxylic acids is 1. The van der Waals surface area contributed by atoms with Gasteiger partial charge in [0.2, 0.25) is 11.8 Å². The minimum absolute atomic E-state index is 0.0476. The lowest BCUT2D eigenvalue weighted by atomic mass is 9.90. The molecule has 0 bridgehead atoms. The summed E-state index contributed by atoms with van der Waals surface area (Å²) in [6.07, 6.45) is 2.12. The third kappa shape index (κ3) is 3.74. The van der Waals surface area contributed by atoms with Crippen LogP contribution in [0.5, 0.6) is 0 Å². The molecule has 6 nitrogen and oxygen atoms in total. The van der Waals surface area contributed by atoms with Crippen molar-refractivity contribution in [2.24, 2.45) is 0 Å². The highest BCUT2D eigenvalue weighted by Gasteiger charge is 2.41. The molecule has 0 saturated heterocycles. The van der Waals surface area contributed by atoms with E-state index in [1.165, 1.54) is 0 Å². The molecule has 0 fully saturated rings. The van der Waals surface area contributed by atoms with E-state index in [9.17, 15) is 19.5 Å². The molecule has 156 valence electrons. The van der Waals surface area contributed by atoms with E-state index < -0.39 is 11.9 Å². The Balaban J connectivity index is 1.72. The molecule has 2 aromatic rings. The number of anilines is 2. The zero-order chi connectivity index (χ0) is 21.4. The predicted molar refractivity (Wildman–Crippen MR) is 118 cm³/mol. The van der Waals surface area contributed by atoms with Crippen molar-refractivity contribution < 1.29 is 19.5 Å². The highest BCUT2D eigenvalue weighted by atomic mass is 79.9. The van der Waals surface area contributed by atoms with Crippen LogP contribution in [-0.2, 0) is 27.2 Å². The number of nitrogens with one attached hydrogen (secondary N) is 1. The van der Waals surface area contributed by atoms with Crippen LogP contribution in [0.3, 0.4) is 0 Å². The molecule has 2 aliphatic heterocycles. The molecule has 0 aliphatic carbocycles. The highest BCUT2D eigenvalue weighted by molar-refractivity contribution is 9.10. The van der Waals surface area contributed by atoms with Gasteiger partial charge in [0.25, 0.3) is 0 Å². The molecule has 0 spiro atoms. The Morgan fingerprint density at radius 3 is 2.80 bits per heavy atom. The van der Waals surface area contributed by atoms with E-state index in [1.54, 1.807) is 4.90 Å². The van der Waals surface area contributed by atoms with Gasteiger partial charge in [-0.3, -0.25) is 14.4 Å². The topological polar surface area (TPSA) is 86.7 Å². The summed E-state index contributed by atoms with van der Waals surface area (Å²) in [6, 6.07) is 11.1. The molecular formula is C23H23BrN2O4. The van der Waals surface area contributed by atoms with E-state index in [-0.39, 0.29) is 24.3 Å². The van der Waals surface area contributed by atoms with Crippen molar-refractivity contribution in [3.63, 3.8) is 0 Å². The van der Waals surface area contributed by atoms with E-state index >= 15 is 0 Å². The fraction of sp³-hybridized carbons (Fsp3) is 0.348. The lowest BCUT2D eigenvalue weighted by molar-refractivity contribution is -0.137. The van der Waals surface area contributed by atoms with Crippen LogP contribution in [0, 0.1) is 0 Å². The molecule has 2 aromatic carbocycles. The summed E-state index contributed by atoms with van der Waals surface area (Å²) < 4.78 is 0.851. The Morgan fingerprint density at radius 1 is 1.30 bits per heavy atom. The number of amides is 2. The Labute approximate surface area is 183 Å². The first-order valence-corrected chi connectivity index (χ1v) is 10.9.